The molecule has 0 aliphatic heterocycles. The van der Waals surface area contributed by atoms with Crippen LogP contribution in [0.4, 0.5) is 5.69 Å². The molecule has 1 atom stereocenters. The Labute approximate surface area is 110 Å². The van der Waals surface area contributed by atoms with Gasteiger partial charge >= 0.3 is 0 Å². The van der Waals surface area contributed by atoms with E-state index in [1.165, 1.54) is 0 Å². The van der Waals surface area contributed by atoms with Crippen LogP contribution in [0.15, 0.2) is 29.6 Å². The molecule has 0 aliphatic carbocycles. The van der Waals surface area contributed by atoms with Gasteiger partial charge in [0.1, 0.15) is 0 Å². The highest BCUT2D eigenvalue weighted by molar-refractivity contribution is 7.09. The van der Waals surface area contributed by atoms with E-state index >= 15 is 0 Å². The van der Waals surface area contributed by atoms with Gasteiger partial charge in [-0.1, -0.05) is 12.1 Å². The summed E-state index contributed by atoms with van der Waals surface area (Å²) in [5.41, 5.74) is 8.16. The lowest BCUT2D eigenvalue weighted by Gasteiger charge is -2.08. The van der Waals surface area contributed by atoms with E-state index in [9.17, 15) is 4.79 Å². The van der Waals surface area contributed by atoms with Crippen LogP contribution in [0.25, 0.3) is 11.3 Å². The maximum absolute atomic E-state index is 11.5. The third-order valence-electron chi connectivity index (χ3n) is 2.46. The SMILES string of the molecule is Cc1nc(-c2cccc(NC(=O)[C@@H](C)N)c2)cs1. The van der Waals surface area contributed by atoms with Crippen LogP contribution in [0, 0.1) is 6.92 Å². The molecule has 18 heavy (non-hydrogen) atoms. The number of carbonyl (C=O) groups excluding carboxylic acids is 1. The van der Waals surface area contributed by atoms with Crippen LogP contribution in [0.3, 0.4) is 0 Å². The Bertz CT molecular complexity index is 563. The number of hydrogen-bond acceptors (Lipinski definition) is 4. The summed E-state index contributed by atoms with van der Waals surface area (Å²) in [5.74, 6) is -0.193. The Kier molecular flexibility index (Phi) is 3.74. The van der Waals surface area contributed by atoms with E-state index in [4.69, 9.17) is 5.73 Å². The average molecular weight is 261 g/mol. The van der Waals surface area contributed by atoms with Crippen molar-refractivity contribution >= 4 is 22.9 Å². The normalized spacial score (nSPS) is 12.2. The van der Waals surface area contributed by atoms with Crippen LogP contribution in [-0.4, -0.2) is 16.9 Å². The van der Waals surface area contributed by atoms with E-state index in [-0.39, 0.29) is 5.91 Å². The van der Waals surface area contributed by atoms with Gasteiger partial charge in [0.2, 0.25) is 5.91 Å². The molecule has 0 fully saturated rings. The molecule has 5 heteroatoms. The topological polar surface area (TPSA) is 68.0 Å². The van der Waals surface area contributed by atoms with Crippen molar-refractivity contribution in [3.8, 4) is 11.3 Å². The standard InChI is InChI=1S/C13H15N3OS/c1-8(14)13(17)16-11-5-3-4-10(6-11)12-7-18-9(2)15-12/h3-8H,14H2,1-2H3,(H,16,17)/t8-/m1/s1. The number of nitrogens with one attached hydrogen (secondary N) is 1. The molecule has 2 aromatic rings. The minimum atomic E-state index is -0.518. The van der Waals surface area contributed by atoms with Crippen molar-refractivity contribution in [1.29, 1.82) is 0 Å². The van der Waals surface area contributed by atoms with E-state index in [0.29, 0.717) is 0 Å². The minimum Gasteiger partial charge on any atom is -0.325 e. The molecular formula is C13H15N3OS. The van der Waals surface area contributed by atoms with E-state index in [1.807, 2.05) is 36.6 Å². The predicted molar refractivity (Wildman–Crippen MR) is 74.6 cm³/mol. The zero-order valence-electron chi connectivity index (χ0n) is 10.3. The van der Waals surface area contributed by atoms with Crippen molar-refractivity contribution in [3.63, 3.8) is 0 Å². The van der Waals surface area contributed by atoms with Crippen molar-refractivity contribution in [2.75, 3.05) is 5.32 Å². The maximum Gasteiger partial charge on any atom is 0.240 e. The number of aryl methyl sites for hydroxylation is 1. The molecule has 1 aromatic heterocycles. The zero-order valence-corrected chi connectivity index (χ0v) is 11.1. The lowest BCUT2D eigenvalue weighted by molar-refractivity contribution is -0.117. The van der Waals surface area contributed by atoms with Gasteiger partial charge in [0.25, 0.3) is 0 Å². The second kappa shape index (κ2) is 5.29. The number of benzene rings is 1. The zero-order chi connectivity index (χ0) is 13.1. The summed E-state index contributed by atoms with van der Waals surface area (Å²) < 4.78 is 0. The minimum absolute atomic E-state index is 0.193. The lowest BCUT2D eigenvalue weighted by atomic mass is 10.1. The Balaban J connectivity index is 2.23. The summed E-state index contributed by atoms with van der Waals surface area (Å²) in [4.78, 5) is 15.9. The molecule has 0 spiro atoms. The molecule has 0 saturated heterocycles. The molecule has 0 unspecified atom stereocenters. The molecule has 0 radical (unpaired) electrons. The third kappa shape index (κ3) is 2.94. The Hall–Kier alpha value is -1.72. The van der Waals surface area contributed by atoms with Crippen LogP contribution in [0.1, 0.15) is 11.9 Å². The Morgan fingerprint density at radius 3 is 2.89 bits per heavy atom. The first kappa shape index (κ1) is 12.7. The van der Waals surface area contributed by atoms with E-state index in [2.05, 4.69) is 10.3 Å². The van der Waals surface area contributed by atoms with Gasteiger partial charge in [0.15, 0.2) is 0 Å². The fraction of sp³-hybridized carbons (Fsp3) is 0.231. The molecule has 1 aromatic carbocycles. The van der Waals surface area contributed by atoms with Gasteiger partial charge in [-0.2, -0.15) is 0 Å². The fourth-order valence-electron chi connectivity index (χ4n) is 1.51. The molecule has 2 rings (SSSR count). The highest BCUT2D eigenvalue weighted by Gasteiger charge is 2.08. The highest BCUT2D eigenvalue weighted by Crippen LogP contribution is 2.24. The fourth-order valence-corrected chi connectivity index (χ4v) is 2.13. The van der Waals surface area contributed by atoms with Gasteiger partial charge in [-0.05, 0) is 26.0 Å². The van der Waals surface area contributed by atoms with Gasteiger partial charge in [0, 0.05) is 16.6 Å². The first-order valence-electron chi connectivity index (χ1n) is 5.65. The molecule has 0 bridgehead atoms. The molecule has 94 valence electrons. The van der Waals surface area contributed by atoms with Crippen molar-refractivity contribution in [1.82, 2.24) is 4.98 Å². The first-order chi connectivity index (χ1) is 8.56. The number of carbonyl (C=O) groups is 1. The summed E-state index contributed by atoms with van der Waals surface area (Å²) in [6.07, 6.45) is 0. The summed E-state index contributed by atoms with van der Waals surface area (Å²) >= 11 is 1.61. The largest absolute Gasteiger partial charge is 0.325 e. The van der Waals surface area contributed by atoms with Gasteiger partial charge in [-0.25, -0.2) is 4.98 Å². The Morgan fingerprint density at radius 1 is 1.50 bits per heavy atom. The van der Waals surface area contributed by atoms with E-state index < -0.39 is 6.04 Å². The maximum atomic E-state index is 11.5. The monoisotopic (exact) mass is 261 g/mol. The third-order valence-corrected chi connectivity index (χ3v) is 3.23. The number of nitrogens with two attached hydrogens (primary N) is 1. The number of nitrogens with zero attached hydrogens (tertiary/aromatic N) is 1. The van der Waals surface area contributed by atoms with Gasteiger partial charge < -0.3 is 11.1 Å². The average Bonchev–Trinajstić information content (AvgIpc) is 2.76. The summed E-state index contributed by atoms with van der Waals surface area (Å²) in [5, 5.41) is 5.79. The molecule has 0 aliphatic rings. The predicted octanol–water partition coefficient (Wildman–Crippen LogP) is 2.40. The summed E-state index contributed by atoms with van der Waals surface area (Å²) in [7, 11) is 0. The van der Waals surface area contributed by atoms with Crippen LogP contribution in [0.2, 0.25) is 0 Å². The summed E-state index contributed by atoms with van der Waals surface area (Å²) in [6, 6.07) is 7.07. The smallest absolute Gasteiger partial charge is 0.240 e. The number of aromatic nitrogens is 1. The van der Waals surface area contributed by atoms with Crippen LogP contribution >= 0.6 is 11.3 Å². The number of anilines is 1. The van der Waals surface area contributed by atoms with Crippen molar-refractivity contribution in [2.24, 2.45) is 5.73 Å². The number of thiazole rings is 1. The van der Waals surface area contributed by atoms with Gasteiger partial charge in [0.05, 0.1) is 16.7 Å². The molecular weight excluding hydrogens is 246 g/mol. The summed E-state index contributed by atoms with van der Waals surface area (Å²) in [6.45, 7) is 3.62. The van der Waals surface area contributed by atoms with E-state index in [1.54, 1.807) is 18.3 Å². The molecule has 0 saturated carbocycles. The molecule has 1 amide bonds. The van der Waals surface area contributed by atoms with Crippen molar-refractivity contribution in [2.45, 2.75) is 19.9 Å². The van der Waals surface area contributed by atoms with Crippen molar-refractivity contribution in [3.05, 3.63) is 34.7 Å². The molecule has 3 N–H and O–H groups in total. The van der Waals surface area contributed by atoms with Crippen LogP contribution in [-0.2, 0) is 4.79 Å². The highest BCUT2D eigenvalue weighted by atomic mass is 32.1. The second-order valence-electron chi connectivity index (χ2n) is 4.11. The first-order valence-corrected chi connectivity index (χ1v) is 6.53. The van der Waals surface area contributed by atoms with Crippen LogP contribution in [0.5, 0.6) is 0 Å². The van der Waals surface area contributed by atoms with E-state index in [0.717, 1.165) is 22.0 Å². The van der Waals surface area contributed by atoms with Crippen molar-refractivity contribution < 1.29 is 4.79 Å². The lowest BCUT2D eigenvalue weighted by Crippen LogP contribution is -2.32. The number of hydrogen-bond donors (Lipinski definition) is 2. The van der Waals surface area contributed by atoms with Crippen LogP contribution < -0.4 is 11.1 Å². The second-order valence-corrected chi connectivity index (χ2v) is 5.17. The number of rotatable bonds is 3. The Morgan fingerprint density at radius 2 is 2.28 bits per heavy atom. The molecule has 4 nitrogen and oxygen atoms in total. The quantitative estimate of drug-likeness (QED) is 0.891. The number of amides is 1. The molecule has 1 heterocycles. The van der Waals surface area contributed by atoms with Gasteiger partial charge in [-0.15, -0.1) is 11.3 Å². The van der Waals surface area contributed by atoms with Gasteiger partial charge in [-0.3, -0.25) is 4.79 Å².